The summed E-state index contributed by atoms with van der Waals surface area (Å²) in [5.41, 5.74) is 2.27. The molecule has 1 aliphatic rings. The van der Waals surface area contributed by atoms with Crippen molar-refractivity contribution in [2.75, 3.05) is 30.4 Å². The third-order valence-corrected chi connectivity index (χ3v) is 7.70. The lowest BCUT2D eigenvalue weighted by Gasteiger charge is -2.37. The second kappa shape index (κ2) is 9.20. The molecule has 0 saturated carbocycles. The van der Waals surface area contributed by atoms with Crippen LogP contribution in [0, 0.1) is 0 Å². The van der Waals surface area contributed by atoms with E-state index in [1.165, 1.54) is 29.4 Å². The average molecular weight is 493 g/mol. The molecule has 5 rings (SSSR count). The molecule has 3 heterocycles. The van der Waals surface area contributed by atoms with Crippen LogP contribution in [0.3, 0.4) is 0 Å². The van der Waals surface area contributed by atoms with Crippen LogP contribution >= 0.6 is 0 Å². The number of aromatic nitrogens is 3. The molecule has 0 spiro atoms. The SMILES string of the molecule is COc1cccc(S(=O)(=O)n2ccc3cnc(Nc4ccc(N5C[C@@H](C)N[C@@H](C)C5)cc4)nc32)c1. The smallest absolute Gasteiger partial charge is 0.269 e. The van der Waals surface area contributed by atoms with Gasteiger partial charge in [0.2, 0.25) is 5.95 Å². The van der Waals surface area contributed by atoms with Crippen LogP contribution in [-0.2, 0) is 10.0 Å². The molecule has 2 atom stereocenters. The first kappa shape index (κ1) is 23.1. The molecule has 1 fully saturated rings. The topological polar surface area (TPSA) is 101 Å². The van der Waals surface area contributed by atoms with Gasteiger partial charge in [0.1, 0.15) is 5.75 Å². The minimum atomic E-state index is -3.86. The molecule has 0 bridgehead atoms. The van der Waals surface area contributed by atoms with Gasteiger partial charge in [-0.1, -0.05) is 6.07 Å². The van der Waals surface area contributed by atoms with E-state index in [2.05, 4.69) is 51.5 Å². The summed E-state index contributed by atoms with van der Waals surface area (Å²) in [6.45, 7) is 6.29. The Kier molecular flexibility index (Phi) is 6.08. The summed E-state index contributed by atoms with van der Waals surface area (Å²) < 4.78 is 32.9. The number of rotatable bonds is 6. The van der Waals surface area contributed by atoms with Gasteiger partial charge in [-0.05, 0) is 56.3 Å². The first-order valence-electron chi connectivity index (χ1n) is 11.5. The molecule has 0 unspecified atom stereocenters. The van der Waals surface area contributed by atoms with Crippen molar-refractivity contribution in [2.45, 2.75) is 30.8 Å². The maximum absolute atomic E-state index is 13.3. The lowest BCUT2D eigenvalue weighted by molar-refractivity contribution is 0.407. The van der Waals surface area contributed by atoms with Gasteiger partial charge >= 0.3 is 0 Å². The largest absolute Gasteiger partial charge is 0.497 e. The highest BCUT2D eigenvalue weighted by Crippen LogP contribution is 2.26. The predicted molar refractivity (Wildman–Crippen MR) is 137 cm³/mol. The number of piperazine rings is 1. The summed E-state index contributed by atoms with van der Waals surface area (Å²) in [7, 11) is -2.36. The number of hydrogen-bond acceptors (Lipinski definition) is 8. The molecular formula is C25H28N6O3S. The number of methoxy groups -OCH3 is 1. The van der Waals surface area contributed by atoms with Crippen LogP contribution in [0.1, 0.15) is 13.8 Å². The number of nitrogens with zero attached hydrogens (tertiary/aromatic N) is 4. The van der Waals surface area contributed by atoms with Crippen molar-refractivity contribution < 1.29 is 13.2 Å². The Morgan fingerprint density at radius 1 is 1.06 bits per heavy atom. The van der Waals surface area contributed by atoms with Gasteiger partial charge in [-0.15, -0.1) is 0 Å². The number of fused-ring (bicyclic) bond motifs is 1. The Morgan fingerprint density at radius 2 is 1.80 bits per heavy atom. The quantitative estimate of drug-likeness (QED) is 0.421. The molecule has 35 heavy (non-hydrogen) atoms. The number of nitrogens with one attached hydrogen (secondary N) is 2. The minimum Gasteiger partial charge on any atom is -0.497 e. The van der Waals surface area contributed by atoms with Crippen molar-refractivity contribution in [2.24, 2.45) is 0 Å². The second-order valence-corrected chi connectivity index (χ2v) is 10.6. The van der Waals surface area contributed by atoms with E-state index in [-0.39, 0.29) is 4.90 Å². The zero-order valence-electron chi connectivity index (χ0n) is 19.8. The molecular weight excluding hydrogens is 464 g/mol. The fourth-order valence-corrected chi connectivity index (χ4v) is 5.78. The van der Waals surface area contributed by atoms with Crippen molar-refractivity contribution in [3.8, 4) is 5.75 Å². The minimum absolute atomic E-state index is 0.120. The summed E-state index contributed by atoms with van der Waals surface area (Å²) in [4.78, 5) is 11.4. The van der Waals surface area contributed by atoms with Crippen LogP contribution in [0.4, 0.5) is 17.3 Å². The zero-order valence-corrected chi connectivity index (χ0v) is 20.7. The molecule has 10 heteroatoms. The van der Waals surface area contributed by atoms with Gasteiger partial charge in [0.25, 0.3) is 10.0 Å². The van der Waals surface area contributed by atoms with Crippen LogP contribution in [0.25, 0.3) is 11.0 Å². The molecule has 2 aromatic heterocycles. The fourth-order valence-electron chi connectivity index (χ4n) is 4.45. The Labute approximate surface area is 204 Å². The van der Waals surface area contributed by atoms with Gasteiger partial charge in [0.15, 0.2) is 5.65 Å². The maximum Gasteiger partial charge on any atom is 0.269 e. The molecule has 0 amide bonds. The van der Waals surface area contributed by atoms with Crippen LogP contribution < -0.4 is 20.3 Å². The van der Waals surface area contributed by atoms with E-state index in [0.29, 0.717) is 34.8 Å². The van der Waals surface area contributed by atoms with Crippen molar-refractivity contribution in [3.63, 3.8) is 0 Å². The third kappa shape index (κ3) is 4.67. The standard InChI is InChI=1S/C25H28N6O3S/c1-17-15-30(16-18(2)27-17)21-9-7-20(8-10-21)28-25-26-14-19-11-12-31(24(19)29-25)35(32,33)23-6-4-5-22(13-23)34-3/h4-14,17-18,27H,15-16H2,1-3H3,(H,26,28,29)/t17-,18+. The third-order valence-electron chi connectivity index (χ3n) is 6.04. The lowest BCUT2D eigenvalue weighted by atomic mass is 10.1. The van der Waals surface area contributed by atoms with E-state index in [9.17, 15) is 8.42 Å². The number of anilines is 3. The molecule has 0 aliphatic carbocycles. The molecule has 4 aromatic rings. The van der Waals surface area contributed by atoms with E-state index in [0.717, 1.165) is 24.5 Å². The normalized spacial score (nSPS) is 18.5. The Bertz CT molecular complexity index is 1440. The van der Waals surface area contributed by atoms with Crippen molar-refractivity contribution in [3.05, 3.63) is 67.0 Å². The van der Waals surface area contributed by atoms with Gasteiger partial charge in [0.05, 0.1) is 12.0 Å². The van der Waals surface area contributed by atoms with E-state index < -0.39 is 10.0 Å². The Balaban J connectivity index is 1.40. The molecule has 182 valence electrons. The van der Waals surface area contributed by atoms with Gasteiger partial charge in [0, 0.05) is 60.4 Å². The van der Waals surface area contributed by atoms with E-state index in [4.69, 9.17) is 4.74 Å². The number of hydrogen-bond donors (Lipinski definition) is 2. The van der Waals surface area contributed by atoms with Crippen LogP contribution in [0.2, 0.25) is 0 Å². The maximum atomic E-state index is 13.3. The molecule has 1 saturated heterocycles. The first-order chi connectivity index (χ1) is 16.8. The number of benzene rings is 2. The molecule has 9 nitrogen and oxygen atoms in total. The van der Waals surface area contributed by atoms with Crippen LogP contribution in [0.15, 0.2) is 71.9 Å². The van der Waals surface area contributed by atoms with Gasteiger partial charge in [-0.2, -0.15) is 4.98 Å². The van der Waals surface area contributed by atoms with E-state index in [1.54, 1.807) is 24.4 Å². The summed E-state index contributed by atoms with van der Waals surface area (Å²) in [5, 5.41) is 7.36. The van der Waals surface area contributed by atoms with Crippen LogP contribution in [-0.4, -0.2) is 54.6 Å². The van der Waals surface area contributed by atoms with Crippen molar-refractivity contribution >= 4 is 38.4 Å². The number of ether oxygens (including phenoxy) is 1. The summed E-state index contributed by atoms with van der Waals surface area (Å²) in [6, 6.07) is 17.0. The first-order valence-corrected chi connectivity index (χ1v) is 12.9. The molecule has 0 radical (unpaired) electrons. The van der Waals surface area contributed by atoms with Crippen molar-refractivity contribution in [1.82, 2.24) is 19.3 Å². The Hall–Kier alpha value is -3.63. The lowest BCUT2D eigenvalue weighted by Crippen LogP contribution is -2.54. The Morgan fingerprint density at radius 3 is 2.51 bits per heavy atom. The molecule has 2 N–H and O–H groups in total. The molecule has 1 aliphatic heterocycles. The van der Waals surface area contributed by atoms with Gasteiger partial charge in [-0.3, -0.25) is 0 Å². The monoisotopic (exact) mass is 492 g/mol. The fraction of sp³-hybridized carbons (Fsp3) is 0.280. The highest BCUT2D eigenvalue weighted by atomic mass is 32.2. The predicted octanol–water partition coefficient (Wildman–Crippen LogP) is 3.61. The van der Waals surface area contributed by atoms with Gasteiger partial charge in [-0.25, -0.2) is 17.4 Å². The van der Waals surface area contributed by atoms with E-state index >= 15 is 0 Å². The summed E-state index contributed by atoms with van der Waals surface area (Å²) in [6.07, 6.45) is 3.10. The second-order valence-electron chi connectivity index (χ2n) is 8.81. The van der Waals surface area contributed by atoms with Gasteiger partial charge < -0.3 is 20.3 Å². The highest BCUT2D eigenvalue weighted by Gasteiger charge is 2.22. The summed E-state index contributed by atoms with van der Waals surface area (Å²) in [5.74, 6) is 0.781. The van der Waals surface area contributed by atoms with Crippen molar-refractivity contribution in [1.29, 1.82) is 0 Å². The van der Waals surface area contributed by atoms with Crippen LogP contribution in [0.5, 0.6) is 5.75 Å². The zero-order chi connectivity index (χ0) is 24.6. The average Bonchev–Trinajstić information content (AvgIpc) is 3.28. The summed E-state index contributed by atoms with van der Waals surface area (Å²) >= 11 is 0. The highest BCUT2D eigenvalue weighted by molar-refractivity contribution is 7.90. The molecule has 2 aromatic carbocycles. The van der Waals surface area contributed by atoms with E-state index in [1.807, 2.05) is 12.1 Å².